The molecular weight excluding hydrogens is 376 g/mol. The van der Waals surface area contributed by atoms with Gasteiger partial charge < -0.3 is 9.55 Å². The fraction of sp³-hybridized carbons (Fsp3) is 0.0769. The molecule has 0 atom stereocenters. The Morgan fingerprint density at radius 1 is 0.621 bits per heavy atom. The fourth-order valence-electron chi connectivity index (χ4n) is 4.18. The van der Waals surface area contributed by atoms with Crippen LogP contribution in [0.4, 0.5) is 0 Å². The zero-order valence-electron chi connectivity index (χ0n) is 16.0. The number of rotatable bonds is 2. The summed E-state index contributed by atoms with van der Waals surface area (Å²) in [5, 5.41) is 5.15. The molecule has 6 rings (SSSR count). The Hall–Kier alpha value is -3.23. The lowest BCUT2D eigenvalue weighted by molar-refractivity contribution is 0.836. The molecule has 4 aromatic carbocycles. The molecule has 1 N–H and O–H groups in total. The molecule has 3 heteroatoms. The van der Waals surface area contributed by atoms with E-state index in [1.165, 1.54) is 43.6 Å². The maximum atomic E-state index is 6.11. The summed E-state index contributed by atoms with van der Waals surface area (Å²) in [6.07, 6.45) is 0. The van der Waals surface area contributed by atoms with Crippen molar-refractivity contribution in [3.8, 4) is 0 Å². The van der Waals surface area contributed by atoms with Gasteiger partial charge in [-0.15, -0.1) is 11.6 Å². The molecule has 0 aliphatic carbocycles. The SMILES string of the molecule is ClCCn1c2ccccc2c2ccc3[nH]c4ccccc4c3c21.c1ccccc1. The summed E-state index contributed by atoms with van der Waals surface area (Å²) in [6, 6.07) is 33.5. The average molecular weight is 397 g/mol. The highest BCUT2D eigenvalue weighted by molar-refractivity contribution is 6.25. The van der Waals surface area contributed by atoms with Crippen LogP contribution in [-0.4, -0.2) is 15.4 Å². The third kappa shape index (κ3) is 3.06. The zero-order chi connectivity index (χ0) is 19.6. The number of hydrogen-bond acceptors (Lipinski definition) is 0. The number of benzene rings is 4. The number of alkyl halides is 1. The van der Waals surface area contributed by atoms with Crippen LogP contribution in [0.1, 0.15) is 0 Å². The van der Waals surface area contributed by atoms with Crippen molar-refractivity contribution >= 4 is 55.2 Å². The van der Waals surface area contributed by atoms with Crippen LogP contribution in [0.15, 0.2) is 97.1 Å². The van der Waals surface area contributed by atoms with Gasteiger partial charge in [0.25, 0.3) is 0 Å². The molecule has 142 valence electrons. The van der Waals surface area contributed by atoms with Crippen LogP contribution in [-0.2, 0) is 6.54 Å². The van der Waals surface area contributed by atoms with Gasteiger partial charge in [0, 0.05) is 50.5 Å². The van der Waals surface area contributed by atoms with Gasteiger partial charge in [0.1, 0.15) is 0 Å². The van der Waals surface area contributed by atoms with Gasteiger partial charge in [0.15, 0.2) is 0 Å². The summed E-state index contributed by atoms with van der Waals surface area (Å²) in [6.45, 7) is 0.810. The van der Waals surface area contributed by atoms with Crippen LogP contribution < -0.4 is 0 Å². The summed E-state index contributed by atoms with van der Waals surface area (Å²) in [5.41, 5.74) is 4.89. The van der Waals surface area contributed by atoms with Crippen molar-refractivity contribution in [2.24, 2.45) is 0 Å². The van der Waals surface area contributed by atoms with E-state index < -0.39 is 0 Å². The molecule has 2 heterocycles. The minimum Gasteiger partial charge on any atom is -0.354 e. The lowest BCUT2D eigenvalue weighted by atomic mass is 10.1. The number of halogens is 1. The number of nitrogens with one attached hydrogen (secondary N) is 1. The first-order valence-electron chi connectivity index (χ1n) is 9.85. The summed E-state index contributed by atoms with van der Waals surface area (Å²) in [5.74, 6) is 0.604. The molecule has 2 nitrogen and oxygen atoms in total. The normalized spacial score (nSPS) is 11.2. The highest BCUT2D eigenvalue weighted by Crippen LogP contribution is 2.37. The van der Waals surface area contributed by atoms with Crippen molar-refractivity contribution in [2.45, 2.75) is 6.54 Å². The molecule has 0 amide bonds. The Bertz CT molecular complexity index is 1380. The molecule has 0 radical (unpaired) electrons. The Morgan fingerprint density at radius 3 is 2.00 bits per heavy atom. The number of fused-ring (bicyclic) bond motifs is 7. The van der Waals surface area contributed by atoms with E-state index in [1.54, 1.807) is 0 Å². The molecule has 29 heavy (non-hydrogen) atoms. The molecule has 0 spiro atoms. The summed E-state index contributed by atoms with van der Waals surface area (Å²) in [7, 11) is 0. The summed E-state index contributed by atoms with van der Waals surface area (Å²) >= 11 is 6.11. The van der Waals surface area contributed by atoms with E-state index in [-0.39, 0.29) is 0 Å². The highest BCUT2D eigenvalue weighted by Gasteiger charge is 2.15. The van der Waals surface area contributed by atoms with E-state index >= 15 is 0 Å². The number of aryl methyl sites for hydroxylation is 1. The van der Waals surface area contributed by atoms with E-state index in [4.69, 9.17) is 11.6 Å². The minimum atomic E-state index is 0.604. The molecule has 0 saturated carbocycles. The van der Waals surface area contributed by atoms with Crippen LogP contribution in [0.5, 0.6) is 0 Å². The van der Waals surface area contributed by atoms with Gasteiger partial charge >= 0.3 is 0 Å². The smallest absolute Gasteiger partial charge is 0.0593 e. The van der Waals surface area contributed by atoms with Crippen LogP contribution in [0, 0.1) is 0 Å². The number of nitrogens with zero attached hydrogens (tertiary/aromatic N) is 1. The predicted octanol–water partition coefficient (Wildman–Crippen LogP) is 7.35. The number of hydrogen-bond donors (Lipinski definition) is 1. The second kappa shape index (κ2) is 7.65. The second-order valence-electron chi connectivity index (χ2n) is 7.07. The maximum absolute atomic E-state index is 6.11. The van der Waals surface area contributed by atoms with E-state index in [9.17, 15) is 0 Å². The van der Waals surface area contributed by atoms with E-state index in [0.717, 1.165) is 6.54 Å². The van der Waals surface area contributed by atoms with Crippen molar-refractivity contribution in [3.63, 3.8) is 0 Å². The Labute approximate surface area is 174 Å². The largest absolute Gasteiger partial charge is 0.354 e. The van der Waals surface area contributed by atoms with Crippen LogP contribution >= 0.6 is 11.6 Å². The third-order valence-electron chi connectivity index (χ3n) is 5.37. The Balaban J connectivity index is 0.000000262. The number of aromatic nitrogens is 2. The monoisotopic (exact) mass is 396 g/mol. The van der Waals surface area contributed by atoms with Crippen LogP contribution in [0.3, 0.4) is 0 Å². The minimum absolute atomic E-state index is 0.604. The zero-order valence-corrected chi connectivity index (χ0v) is 16.7. The van der Waals surface area contributed by atoms with E-state index in [1.807, 2.05) is 36.4 Å². The van der Waals surface area contributed by atoms with Crippen LogP contribution in [0.2, 0.25) is 0 Å². The van der Waals surface area contributed by atoms with Crippen molar-refractivity contribution in [2.75, 3.05) is 5.88 Å². The van der Waals surface area contributed by atoms with Gasteiger partial charge in [-0.3, -0.25) is 0 Å². The molecular formula is C26H21ClN2. The Kier molecular flexibility index (Phi) is 4.71. The first kappa shape index (κ1) is 17.8. The molecule has 0 saturated heterocycles. The topological polar surface area (TPSA) is 20.7 Å². The molecule has 0 aliphatic heterocycles. The first-order valence-corrected chi connectivity index (χ1v) is 10.4. The molecule has 0 bridgehead atoms. The van der Waals surface area contributed by atoms with Crippen molar-refractivity contribution in [3.05, 3.63) is 97.1 Å². The van der Waals surface area contributed by atoms with Crippen LogP contribution in [0.25, 0.3) is 43.6 Å². The van der Waals surface area contributed by atoms with E-state index in [0.29, 0.717) is 5.88 Å². The third-order valence-corrected chi connectivity index (χ3v) is 5.54. The van der Waals surface area contributed by atoms with Crippen molar-refractivity contribution in [1.82, 2.24) is 9.55 Å². The number of aromatic amines is 1. The van der Waals surface area contributed by atoms with Gasteiger partial charge in [-0.2, -0.15) is 0 Å². The molecule has 0 unspecified atom stereocenters. The summed E-state index contributed by atoms with van der Waals surface area (Å²) in [4.78, 5) is 3.54. The molecule has 6 aromatic rings. The van der Waals surface area contributed by atoms with Gasteiger partial charge in [0.2, 0.25) is 0 Å². The van der Waals surface area contributed by atoms with Gasteiger partial charge in [-0.1, -0.05) is 78.9 Å². The second-order valence-corrected chi connectivity index (χ2v) is 7.45. The maximum Gasteiger partial charge on any atom is 0.0593 e. The predicted molar refractivity (Wildman–Crippen MR) is 126 cm³/mol. The average Bonchev–Trinajstić information content (AvgIpc) is 3.32. The first-order chi connectivity index (χ1) is 14.4. The van der Waals surface area contributed by atoms with Gasteiger partial charge in [-0.05, 0) is 18.2 Å². The van der Waals surface area contributed by atoms with Crippen molar-refractivity contribution < 1.29 is 0 Å². The van der Waals surface area contributed by atoms with Gasteiger partial charge in [0.05, 0.1) is 5.52 Å². The fourth-order valence-corrected chi connectivity index (χ4v) is 4.35. The number of H-pyrrole nitrogens is 1. The standard InChI is InChI=1S/C20H15ClN2.C6H6/c21-11-12-23-18-8-4-2-5-13(18)14-9-10-17-19(20(14)23)15-6-1-3-7-16(15)22-17;1-2-4-6-5-3-1/h1-10,22H,11-12H2;1-6H. The Morgan fingerprint density at radius 2 is 1.28 bits per heavy atom. The molecule has 0 aliphatic rings. The number of para-hydroxylation sites is 2. The van der Waals surface area contributed by atoms with Crippen molar-refractivity contribution in [1.29, 1.82) is 0 Å². The highest BCUT2D eigenvalue weighted by atomic mass is 35.5. The van der Waals surface area contributed by atoms with E-state index in [2.05, 4.69) is 70.2 Å². The molecule has 0 fully saturated rings. The molecule has 2 aromatic heterocycles. The summed E-state index contributed by atoms with van der Waals surface area (Å²) < 4.78 is 2.36. The van der Waals surface area contributed by atoms with Gasteiger partial charge in [-0.25, -0.2) is 0 Å². The lowest BCUT2D eigenvalue weighted by Gasteiger charge is -2.06. The lowest BCUT2D eigenvalue weighted by Crippen LogP contribution is -1.98. The quantitative estimate of drug-likeness (QED) is 0.295.